The van der Waals surface area contributed by atoms with E-state index >= 15 is 0 Å². The van der Waals surface area contributed by atoms with Gasteiger partial charge in [-0.25, -0.2) is 0 Å². The zero-order chi connectivity index (χ0) is 11.2. The van der Waals surface area contributed by atoms with Crippen molar-refractivity contribution in [2.24, 2.45) is 17.3 Å². The molecule has 1 nitrogen and oxygen atoms in total. The van der Waals surface area contributed by atoms with Gasteiger partial charge in [-0.1, -0.05) is 41.5 Å². The van der Waals surface area contributed by atoms with Crippen molar-refractivity contribution in [3.05, 3.63) is 0 Å². The van der Waals surface area contributed by atoms with Crippen molar-refractivity contribution in [1.29, 1.82) is 0 Å². The Morgan fingerprint density at radius 3 is 2.07 bits per heavy atom. The minimum atomic E-state index is 0.420. The summed E-state index contributed by atoms with van der Waals surface area (Å²) < 4.78 is 0. The molecule has 0 aliphatic rings. The Morgan fingerprint density at radius 1 is 1.07 bits per heavy atom. The molecule has 0 radical (unpaired) electrons. The third kappa shape index (κ3) is 8.55. The fraction of sp³-hybridized carbons (Fsp3) is 1.00. The molecule has 0 saturated heterocycles. The lowest BCUT2D eigenvalue weighted by Crippen LogP contribution is -2.27. The van der Waals surface area contributed by atoms with Crippen molar-refractivity contribution in [2.75, 3.05) is 13.1 Å². The molecule has 14 heavy (non-hydrogen) atoms. The van der Waals surface area contributed by atoms with E-state index in [1.165, 1.54) is 19.4 Å². The van der Waals surface area contributed by atoms with Crippen LogP contribution in [0, 0.1) is 17.3 Å². The van der Waals surface area contributed by atoms with Crippen LogP contribution in [-0.4, -0.2) is 13.1 Å². The van der Waals surface area contributed by atoms with Crippen molar-refractivity contribution in [3.63, 3.8) is 0 Å². The first-order valence-corrected chi connectivity index (χ1v) is 6.03. The van der Waals surface area contributed by atoms with Crippen LogP contribution in [0.15, 0.2) is 0 Å². The summed E-state index contributed by atoms with van der Waals surface area (Å²) in [6.07, 6.45) is 2.67. The Balaban J connectivity index is 3.30. The Kier molecular flexibility index (Phi) is 6.43. The van der Waals surface area contributed by atoms with E-state index in [9.17, 15) is 0 Å². The van der Waals surface area contributed by atoms with E-state index in [-0.39, 0.29) is 0 Å². The van der Waals surface area contributed by atoms with Crippen LogP contribution in [0.3, 0.4) is 0 Å². The zero-order valence-electron chi connectivity index (χ0n) is 11.0. The Bertz CT molecular complexity index is 133. The number of hydrogen-bond donors (Lipinski definition) is 1. The van der Waals surface area contributed by atoms with Crippen LogP contribution in [0.2, 0.25) is 0 Å². The standard InChI is InChI=1S/C13H29N/c1-11(2)12(3)8-7-9-14-10-13(4,5)6/h11-12,14H,7-10H2,1-6H3/t12-/m0/s1. The second-order valence-electron chi connectivity index (χ2n) is 6.10. The molecule has 0 aliphatic heterocycles. The topological polar surface area (TPSA) is 12.0 Å². The van der Waals surface area contributed by atoms with E-state index in [1.807, 2.05) is 0 Å². The zero-order valence-corrected chi connectivity index (χ0v) is 11.0. The summed E-state index contributed by atoms with van der Waals surface area (Å²) in [6, 6.07) is 0. The van der Waals surface area contributed by atoms with Gasteiger partial charge in [-0.2, -0.15) is 0 Å². The molecule has 1 N–H and O–H groups in total. The van der Waals surface area contributed by atoms with E-state index in [0.29, 0.717) is 5.41 Å². The van der Waals surface area contributed by atoms with Crippen molar-refractivity contribution in [2.45, 2.75) is 54.4 Å². The van der Waals surface area contributed by atoms with Gasteiger partial charge < -0.3 is 5.32 Å². The number of rotatable bonds is 6. The number of hydrogen-bond acceptors (Lipinski definition) is 1. The van der Waals surface area contributed by atoms with Gasteiger partial charge >= 0.3 is 0 Å². The second-order valence-corrected chi connectivity index (χ2v) is 6.10. The molecule has 0 aromatic carbocycles. The lowest BCUT2D eigenvalue weighted by molar-refractivity contribution is 0.353. The third-order valence-electron chi connectivity index (χ3n) is 2.81. The molecule has 0 aromatic heterocycles. The average Bonchev–Trinajstić information content (AvgIpc) is 2.01. The predicted molar refractivity (Wildman–Crippen MR) is 65.6 cm³/mol. The molecule has 0 saturated carbocycles. The van der Waals surface area contributed by atoms with E-state index in [4.69, 9.17) is 0 Å². The van der Waals surface area contributed by atoms with E-state index in [0.717, 1.165) is 18.4 Å². The molecule has 0 amide bonds. The van der Waals surface area contributed by atoms with Crippen LogP contribution in [0.1, 0.15) is 54.4 Å². The van der Waals surface area contributed by atoms with Gasteiger partial charge in [0, 0.05) is 0 Å². The van der Waals surface area contributed by atoms with Crippen LogP contribution in [0.4, 0.5) is 0 Å². The maximum atomic E-state index is 3.52. The van der Waals surface area contributed by atoms with Gasteiger partial charge in [0.2, 0.25) is 0 Å². The van der Waals surface area contributed by atoms with Gasteiger partial charge in [-0.3, -0.25) is 0 Å². The van der Waals surface area contributed by atoms with Crippen molar-refractivity contribution in [3.8, 4) is 0 Å². The van der Waals surface area contributed by atoms with Gasteiger partial charge in [-0.15, -0.1) is 0 Å². The van der Waals surface area contributed by atoms with Crippen LogP contribution < -0.4 is 5.32 Å². The molecule has 1 heteroatoms. The molecule has 0 bridgehead atoms. The smallest absolute Gasteiger partial charge is 0.0000126 e. The molecule has 0 fully saturated rings. The molecule has 0 aliphatic carbocycles. The molecular formula is C13H29N. The van der Waals surface area contributed by atoms with Crippen LogP contribution in [0.25, 0.3) is 0 Å². The summed E-state index contributed by atoms with van der Waals surface area (Å²) in [6.45, 7) is 16.1. The van der Waals surface area contributed by atoms with Crippen molar-refractivity contribution in [1.82, 2.24) is 5.32 Å². The third-order valence-corrected chi connectivity index (χ3v) is 2.81. The van der Waals surface area contributed by atoms with Gasteiger partial charge in [-0.05, 0) is 43.2 Å². The molecule has 0 aromatic rings. The Morgan fingerprint density at radius 2 is 1.64 bits per heavy atom. The van der Waals surface area contributed by atoms with Gasteiger partial charge in [0.25, 0.3) is 0 Å². The molecule has 0 unspecified atom stereocenters. The summed E-state index contributed by atoms with van der Waals surface area (Å²) in [5.41, 5.74) is 0.420. The summed E-state index contributed by atoms with van der Waals surface area (Å²) in [5, 5.41) is 3.52. The van der Waals surface area contributed by atoms with E-state index in [2.05, 4.69) is 46.9 Å². The molecule has 0 heterocycles. The Labute approximate surface area is 90.7 Å². The maximum Gasteiger partial charge on any atom is -0.0000126 e. The molecule has 1 atom stereocenters. The first kappa shape index (κ1) is 14.0. The predicted octanol–water partition coefficient (Wildman–Crippen LogP) is 3.69. The highest BCUT2D eigenvalue weighted by Gasteiger charge is 2.09. The van der Waals surface area contributed by atoms with Crippen LogP contribution in [0.5, 0.6) is 0 Å². The number of nitrogens with one attached hydrogen (secondary N) is 1. The highest BCUT2D eigenvalue weighted by Crippen LogP contribution is 2.15. The lowest BCUT2D eigenvalue weighted by Gasteiger charge is -2.20. The van der Waals surface area contributed by atoms with Crippen LogP contribution >= 0.6 is 0 Å². The molecule has 86 valence electrons. The molecular weight excluding hydrogens is 170 g/mol. The second kappa shape index (κ2) is 6.44. The fourth-order valence-electron chi connectivity index (χ4n) is 1.35. The summed E-state index contributed by atoms with van der Waals surface area (Å²) in [4.78, 5) is 0. The van der Waals surface area contributed by atoms with E-state index < -0.39 is 0 Å². The van der Waals surface area contributed by atoms with E-state index in [1.54, 1.807) is 0 Å². The lowest BCUT2D eigenvalue weighted by atomic mass is 9.93. The normalized spacial score (nSPS) is 14.8. The quantitative estimate of drug-likeness (QED) is 0.643. The summed E-state index contributed by atoms with van der Waals surface area (Å²) >= 11 is 0. The SMILES string of the molecule is CC(C)[C@@H](C)CCCNCC(C)(C)C. The van der Waals surface area contributed by atoms with Gasteiger partial charge in [0.1, 0.15) is 0 Å². The van der Waals surface area contributed by atoms with Crippen LogP contribution in [-0.2, 0) is 0 Å². The highest BCUT2D eigenvalue weighted by molar-refractivity contribution is 4.65. The maximum absolute atomic E-state index is 3.52. The van der Waals surface area contributed by atoms with Gasteiger partial charge in [0.05, 0.1) is 0 Å². The van der Waals surface area contributed by atoms with Gasteiger partial charge in [0.15, 0.2) is 0 Å². The highest BCUT2D eigenvalue weighted by atomic mass is 14.9. The summed E-state index contributed by atoms with van der Waals surface area (Å²) in [5.74, 6) is 1.70. The monoisotopic (exact) mass is 199 g/mol. The first-order chi connectivity index (χ1) is 6.33. The largest absolute Gasteiger partial charge is 0.316 e. The summed E-state index contributed by atoms with van der Waals surface area (Å²) in [7, 11) is 0. The minimum absolute atomic E-state index is 0.420. The molecule has 0 rings (SSSR count). The van der Waals surface area contributed by atoms with Crippen molar-refractivity contribution >= 4 is 0 Å². The molecule has 0 spiro atoms. The first-order valence-electron chi connectivity index (χ1n) is 6.03. The average molecular weight is 199 g/mol. The Hall–Kier alpha value is -0.0400. The minimum Gasteiger partial charge on any atom is -0.316 e. The van der Waals surface area contributed by atoms with Crippen molar-refractivity contribution < 1.29 is 0 Å². The fourth-order valence-corrected chi connectivity index (χ4v) is 1.35.